The zero-order chi connectivity index (χ0) is 10.3. The summed E-state index contributed by atoms with van der Waals surface area (Å²) >= 11 is 6.70. The lowest BCUT2D eigenvalue weighted by atomic mass is 10.1. The lowest BCUT2D eigenvalue weighted by molar-refractivity contribution is 0.477. The van der Waals surface area contributed by atoms with E-state index in [1.54, 1.807) is 6.20 Å². The molecule has 0 aliphatic heterocycles. The summed E-state index contributed by atoms with van der Waals surface area (Å²) < 4.78 is 1.57. The zero-order valence-electron chi connectivity index (χ0n) is 7.38. The first kappa shape index (κ1) is 9.93. The van der Waals surface area contributed by atoms with Gasteiger partial charge in [-0.25, -0.2) is 0 Å². The van der Waals surface area contributed by atoms with Crippen LogP contribution in [0.4, 0.5) is 0 Å². The second-order valence-corrected chi connectivity index (χ2v) is 4.81. The molecule has 4 heteroatoms. The van der Waals surface area contributed by atoms with Crippen LogP contribution in [0.25, 0.3) is 10.9 Å². The number of phenols is 1. The van der Waals surface area contributed by atoms with Crippen molar-refractivity contribution in [3.8, 4) is 5.75 Å². The molecule has 0 spiro atoms. The number of nitrogens with zero attached hydrogens (tertiary/aromatic N) is 1. The first-order valence-electron chi connectivity index (χ1n) is 4.03. The SMILES string of the molecule is Cc1cnc2c(O)c(Br)cc(Br)c2c1. The van der Waals surface area contributed by atoms with Gasteiger partial charge in [-0.2, -0.15) is 0 Å². The van der Waals surface area contributed by atoms with Crippen LogP contribution in [0.1, 0.15) is 5.56 Å². The predicted molar refractivity (Wildman–Crippen MR) is 63.5 cm³/mol. The van der Waals surface area contributed by atoms with Crippen molar-refractivity contribution in [2.45, 2.75) is 6.92 Å². The van der Waals surface area contributed by atoms with Gasteiger partial charge in [0.15, 0.2) is 5.75 Å². The van der Waals surface area contributed by atoms with Crippen molar-refractivity contribution in [1.29, 1.82) is 0 Å². The molecule has 0 aliphatic rings. The van der Waals surface area contributed by atoms with Gasteiger partial charge in [0.1, 0.15) is 5.52 Å². The fourth-order valence-corrected chi connectivity index (χ4v) is 2.57. The van der Waals surface area contributed by atoms with Gasteiger partial charge < -0.3 is 5.11 Å². The maximum absolute atomic E-state index is 9.74. The summed E-state index contributed by atoms with van der Waals surface area (Å²) in [6.45, 7) is 1.97. The summed E-state index contributed by atoms with van der Waals surface area (Å²) in [4.78, 5) is 4.19. The smallest absolute Gasteiger partial charge is 0.156 e. The first-order valence-corrected chi connectivity index (χ1v) is 5.61. The van der Waals surface area contributed by atoms with E-state index in [1.165, 1.54) is 0 Å². The number of aromatic nitrogens is 1. The molecule has 2 rings (SSSR count). The third kappa shape index (κ3) is 1.53. The van der Waals surface area contributed by atoms with Crippen molar-refractivity contribution in [3.05, 3.63) is 32.8 Å². The van der Waals surface area contributed by atoms with E-state index in [0.29, 0.717) is 9.99 Å². The average Bonchev–Trinajstić information content (AvgIpc) is 2.14. The van der Waals surface area contributed by atoms with Gasteiger partial charge in [0.05, 0.1) is 4.47 Å². The number of phenolic OH excluding ortho intramolecular Hbond substituents is 1. The number of fused-ring (bicyclic) bond motifs is 1. The highest BCUT2D eigenvalue weighted by Crippen LogP contribution is 2.36. The van der Waals surface area contributed by atoms with Gasteiger partial charge in [0.2, 0.25) is 0 Å². The standard InChI is InChI=1S/C10H7Br2NO/c1-5-2-6-7(11)3-8(12)10(14)9(6)13-4-5/h2-4,14H,1H3. The van der Waals surface area contributed by atoms with Crippen LogP contribution in [0.3, 0.4) is 0 Å². The number of aryl methyl sites for hydroxylation is 1. The molecule has 2 nitrogen and oxygen atoms in total. The maximum atomic E-state index is 9.74. The molecule has 0 atom stereocenters. The molecule has 0 aliphatic carbocycles. The van der Waals surface area contributed by atoms with Gasteiger partial charge in [-0.3, -0.25) is 4.98 Å². The molecule has 0 saturated heterocycles. The Labute approximate surface area is 98.2 Å². The number of benzene rings is 1. The van der Waals surface area contributed by atoms with Gasteiger partial charge in [-0.15, -0.1) is 0 Å². The molecule has 14 heavy (non-hydrogen) atoms. The van der Waals surface area contributed by atoms with E-state index >= 15 is 0 Å². The number of hydrogen-bond acceptors (Lipinski definition) is 2. The minimum absolute atomic E-state index is 0.184. The summed E-state index contributed by atoms with van der Waals surface area (Å²) in [5.41, 5.74) is 1.68. The Morgan fingerprint density at radius 1 is 1.21 bits per heavy atom. The minimum Gasteiger partial charge on any atom is -0.505 e. The number of halogens is 2. The minimum atomic E-state index is 0.184. The highest BCUT2D eigenvalue weighted by Gasteiger charge is 2.09. The number of pyridine rings is 1. The van der Waals surface area contributed by atoms with Crippen LogP contribution < -0.4 is 0 Å². The fraction of sp³-hybridized carbons (Fsp3) is 0.100. The van der Waals surface area contributed by atoms with Gasteiger partial charge in [-0.05, 0) is 40.5 Å². The number of rotatable bonds is 0. The average molecular weight is 317 g/mol. The van der Waals surface area contributed by atoms with E-state index in [1.807, 2.05) is 19.1 Å². The van der Waals surface area contributed by atoms with Crippen LogP contribution in [0.15, 0.2) is 27.3 Å². The Morgan fingerprint density at radius 3 is 2.64 bits per heavy atom. The molecule has 0 fully saturated rings. The number of aromatic hydroxyl groups is 1. The van der Waals surface area contributed by atoms with Crippen LogP contribution in [-0.2, 0) is 0 Å². The summed E-state index contributed by atoms with van der Waals surface area (Å²) in [5.74, 6) is 0.184. The molecule has 72 valence electrons. The maximum Gasteiger partial charge on any atom is 0.156 e. The highest BCUT2D eigenvalue weighted by molar-refractivity contribution is 9.11. The molecule has 1 N–H and O–H groups in total. The van der Waals surface area contributed by atoms with Crippen molar-refractivity contribution in [1.82, 2.24) is 4.98 Å². The van der Waals surface area contributed by atoms with Crippen LogP contribution >= 0.6 is 31.9 Å². The molecule has 1 aromatic heterocycles. The van der Waals surface area contributed by atoms with Gasteiger partial charge in [0, 0.05) is 16.1 Å². The summed E-state index contributed by atoms with van der Waals surface area (Å²) in [6.07, 6.45) is 1.74. The fourth-order valence-electron chi connectivity index (χ4n) is 1.31. The molecule has 1 heterocycles. The Hall–Kier alpha value is -0.610. The Balaban J connectivity index is 2.94. The Kier molecular flexibility index (Phi) is 2.49. The van der Waals surface area contributed by atoms with E-state index in [-0.39, 0.29) is 5.75 Å². The molecular formula is C10H7Br2NO. The molecular weight excluding hydrogens is 310 g/mol. The Bertz CT molecular complexity index is 511. The van der Waals surface area contributed by atoms with E-state index in [9.17, 15) is 5.11 Å². The van der Waals surface area contributed by atoms with Crippen LogP contribution in [0.2, 0.25) is 0 Å². The normalized spacial score (nSPS) is 10.8. The van der Waals surface area contributed by atoms with Crippen LogP contribution in [-0.4, -0.2) is 10.1 Å². The first-order chi connectivity index (χ1) is 6.59. The van der Waals surface area contributed by atoms with E-state index < -0.39 is 0 Å². The zero-order valence-corrected chi connectivity index (χ0v) is 10.6. The molecule has 1 aromatic carbocycles. The Morgan fingerprint density at radius 2 is 1.93 bits per heavy atom. The van der Waals surface area contributed by atoms with Crippen LogP contribution in [0, 0.1) is 6.92 Å². The molecule has 2 aromatic rings. The lowest BCUT2D eigenvalue weighted by Gasteiger charge is -2.05. The molecule has 0 saturated carbocycles. The third-order valence-electron chi connectivity index (χ3n) is 1.99. The summed E-state index contributed by atoms with van der Waals surface area (Å²) in [6, 6.07) is 3.80. The molecule has 0 amide bonds. The topological polar surface area (TPSA) is 33.1 Å². The monoisotopic (exact) mass is 315 g/mol. The van der Waals surface area contributed by atoms with Gasteiger partial charge in [-0.1, -0.05) is 15.9 Å². The molecule has 0 unspecified atom stereocenters. The van der Waals surface area contributed by atoms with Crippen molar-refractivity contribution >= 4 is 42.8 Å². The van der Waals surface area contributed by atoms with Gasteiger partial charge >= 0.3 is 0 Å². The van der Waals surface area contributed by atoms with Crippen molar-refractivity contribution in [2.24, 2.45) is 0 Å². The second-order valence-electron chi connectivity index (χ2n) is 3.10. The third-order valence-corrected chi connectivity index (χ3v) is 3.25. The quantitative estimate of drug-likeness (QED) is 0.802. The van der Waals surface area contributed by atoms with Crippen LogP contribution in [0.5, 0.6) is 5.75 Å². The molecule has 0 bridgehead atoms. The predicted octanol–water partition coefficient (Wildman–Crippen LogP) is 3.77. The molecule has 0 radical (unpaired) electrons. The van der Waals surface area contributed by atoms with Crippen molar-refractivity contribution in [2.75, 3.05) is 0 Å². The second kappa shape index (κ2) is 3.51. The highest BCUT2D eigenvalue weighted by atomic mass is 79.9. The summed E-state index contributed by atoms with van der Waals surface area (Å²) in [7, 11) is 0. The largest absolute Gasteiger partial charge is 0.505 e. The van der Waals surface area contributed by atoms with E-state index in [2.05, 4.69) is 36.8 Å². The van der Waals surface area contributed by atoms with Crippen molar-refractivity contribution < 1.29 is 5.11 Å². The van der Waals surface area contributed by atoms with E-state index in [4.69, 9.17) is 0 Å². The lowest BCUT2D eigenvalue weighted by Crippen LogP contribution is -1.84. The number of hydrogen-bond donors (Lipinski definition) is 1. The summed E-state index contributed by atoms with van der Waals surface area (Å²) in [5, 5.41) is 10.7. The van der Waals surface area contributed by atoms with Gasteiger partial charge in [0.25, 0.3) is 0 Å². The van der Waals surface area contributed by atoms with Crippen molar-refractivity contribution in [3.63, 3.8) is 0 Å². The van der Waals surface area contributed by atoms with E-state index in [0.717, 1.165) is 15.4 Å².